The zero-order valence-electron chi connectivity index (χ0n) is 15.6. The average Bonchev–Trinajstić information content (AvgIpc) is 2.58. The van der Waals surface area contributed by atoms with Crippen molar-refractivity contribution >= 4 is 29.1 Å². The van der Waals surface area contributed by atoms with Gasteiger partial charge < -0.3 is 5.32 Å². The highest BCUT2D eigenvalue weighted by atomic mass is 35.5. The average molecular weight is 388 g/mol. The molecule has 6 heteroatoms. The molecule has 0 aliphatic heterocycles. The molecule has 4 fully saturated rings. The van der Waals surface area contributed by atoms with Gasteiger partial charge in [0, 0.05) is 21.8 Å². The Balaban J connectivity index is 1.31. The molecule has 4 aliphatic rings. The molecular weight excluding hydrogens is 362 g/mol. The van der Waals surface area contributed by atoms with Crippen LogP contribution in [-0.2, 0) is 4.79 Å². The van der Waals surface area contributed by atoms with Crippen LogP contribution in [0.3, 0.4) is 0 Å². The Morgan fingerprint density at radius 3 is 2.19 bits per heavy atom. The van der Waals surface area contributed by atoms with Crippen LogP contribution in [0.2, 0.25) is 5.02 Å². The maximum atomic E-state index is 12.6. The minimum absolute atomic E-state index is 0.0126. The smallest absolute Gasteiger partial charge is 0.271 e. The van der Waals surface area contributed by atoms with E-state index in [1.165, 1.54) is 19.3 Å². The summed E-state index contributed by atoms with van der Waals surface area (Å²) >= 11 is 5.83. The van der Waals surface area contributed by atoms with Gasteiger partial charge in [0.25, 0.3) is 5.91 Å². The predicted molar refractivity (Wildman–Crippen MR) is 106 cm³/mol. The van der Waals surface area contributed by atoms with E-state index in [1.54, 1.807) is 31.2 Å². The van der Waals surface area contributed by atoms with E-state index in [0.29, 0.717) is 16.3 Å². The maximum Gasteiger partial charge on any atom is 0.271 e. The summed E-state index contributed by atoms with van der Waals surface area (Å²) in [6, 6.07) is 6.60. The van der Waals surface area contributed by atoms with E-state index >= 15 is 0 Å². The van der Waals surface area contributed by atoms with E-state index in [1.807, 2.05) is 0 Å². The quantitative estimate of drug-likeness (QED) is 0.593. The third kappa shape index (κ3) is 4.18. The van der Waals surface area contributed by atoms with Gasteiger partial charge in [-0.05, 0) is 87.5 Å². The molecule has 0 atom stereocenters. The van der Waals surface area contributed by atoms with E-state index < -0.39 is 0 Å². The lowest BCUT2D eigenvalue weighted by Crippen LogP contribution is -2.60. The fraction of sp³-hybridized carbons (Fsp3) is 0.571. The molecule has 4 saturated carbocycles. The summed E-state index contributed by atoms with van der Waals surface area (Å²) in [5, 5.41) is 7.99. The lowest BCUT2D eigenvalue weighted by molar-refractivity contribution is -0.125. The first kappa shape index (κ1) is 18.5. The second-order valence-electron chi connectivity index (χ2n) is 8.72. The highest BCUT2D eigenvalue weighted by Gasteiger charge is 2.51. The number of halogens is 1. The number of nitrogens with zero attached hydrogens (tertiary/aromatic N) is 1. The van der Waals surface area contributed by atoms with Crippen molar-refractivity contribution in [1.29, 1.82) is 0 Å². The molecule has 4 aliphatic carbocycles. The van der Waals surface area contributed by atoms with Crippen LogP contribution in [0, 0.1) is 17.8 Å². The third-order valence-electron chi connectivity index (χ3n) is 6.31. The van der Waals surface area contributed by atoms with Crippen molar-refractivity contribution in [2.75, 3.05) is 0 Å². The summed E-state index contributed by atoms with van der Waals surface area (Å²) in [7, 11) is 0. The Bertz CT molecular complexity index is 737. The Kier molecular flexibility index (Phi) is 4.97. The molecule has 2 amide bonds. The standard InChI is InChI=1S/C21H26ClN3O2/c1-13(24-25-20(27)17-2-4-18(22)5-3-17)6-19(26)23-21-10-14-7-15(11-21)9-16(8-14)12-21/h2-5,14-16H,6-12H2,1H3,(H,23,26)(H,25,27). The molecule has 0 radical (unpaired) electrons. The topological polar surface area (TPSA) is 70.6 Å². The van der Waals surface area contributed by atoms with Crippen LogP contribution in [0.25, 0.3) is 0 Å². The van der Waals surface area contributed by atoms with Gasteiger partial charge in [-0.3, -0.25) is 9.59 Å². The number of rotatable bonds is 5. The first-order valence-electron chi connectivity index (χ1n) is 9.81. The Labute approximate surface area is 164 Å². The molecular formula is C21H26ClN3O2. The molecule has 27 heavy (non-hydrogen) atoms. The second kappa shape index (κ2) is 7.27. The Morgan fingerprint density at radius 1 is 1.07 bits per heavy atom. The van der Waals surface area contributed by atoms with Crippen LogP contribution < -0.4 is 10.7 Å². The second-order valence-corrected chi connectivity index (χ2v) is 9.15. The van der Waals surface area contributed by atoms with Crippen LogP contribution in [0.15, 0.2) is 29.4 Å². The molecule has 0 saturated heterocycles. The molecule has 2 N–H and O–H groups in total. The molecule has 0 heterocycles. The largest absolute Gasteiger partial charge is 0.350 e. The van der Waals surface area contributed by atoms with Crippen LogP contribution >= 0.6 is 11.6 Å². The summed E-state index contributed by atoms with van der Waals surface area (Å²) in [6.07, 6.45) is 7.67. The lowest BCUT2D eigenvalue weighted by atomic mass is 9.53. The summed E-state index contributed by atoms with van der Waals surface area (Å²) in [5.41, 5.74) is 3.60. The van der Waals surface area contributed by atoms with Crippen molar-refractivity contribution in [2.45, 2.75) is 57.4 Å². The van der Waals surface area contributed by atoms with E-state index in [4.69, 9.17) is 11.6 Å². The van der Waals surface area contributed by atoms with Crippen molar-refractivity contribution in [3.8, 4) is 0 Å². The zero-order chi connectivity index (χ0) is 19.0. The van der Waals surface area contributed by atoms with Crippen LogP contribution in [0.4, 0.5) is 0 Å². The molecule has 0 spiro atoms. The highest BCUT2D eigenvalue weighted by Crippen LogP contribution is 2.55. The van der Waals surface area contributed by atoms with Gasteiger partial charge >= 0.3 is 0 Å². The van der Waals surface area contributed by atoms with Gasteiger partial charge in [0.15, 0.2) is 0 Å². The fourth-order valence-electron chi connectivity index (χ4n) is 5.69. The maximum absolute atomic E-state index is 12.6. The van der Waals surface area contributed by atoms with E-state index in [-0.39, 0.29) is 23.8 Å². The Morgan fingerprint density at radius 2 is 1.63 bits per heavy atom. The molecule has 0 unspecified atom stereocenters. The van der Waals surface area contributed by atoms with E-state index in [2.05, 4.69) is 15.8 Å². The van der Waals surface area contributed by atoms with Gasteiger partial charge in [-0.2, -0.15) is 5.10 Å². The lowest BCUT2D eigenvalue weighted by Gasteiger charge is -2.56. The van der Waals surface area contributed by atoms with Gasteiger partial charge in [0.2, 0.25) is 5.91 Å². The van der Waals surface area contributed by atoms with Gasteiger partial charge in [-0.15, -0.1) is 0 Å². The van der Waals surface area contributed by atoms with Crippen molar-refractivity contribution in [3.63, 3.8) is 0 Å². The number of carbonyl (C=O) groups is 2. The van der Waals surface area contributed by atoms with Crippen molar-refractivity contribution < 1.29 is 9.59 Å². The zero-order valence-corrected chi connectivity index (χ0v) is 16.4. The van der Waals surface area contributed by atoms with Crippen molar-refractivity contribution in [2.24, 2.45) is 22.9 Å². The number of hydrazone groups is 1. The number of benzene rings is 1. The highest BCUT2D eigenvalue weighted by molar-refractivity contribution is 6.30. The first-order chi connectivity index (χ1) is 12.9. The van der Waals surface area contributed by atoms with Crippen molar-refractivity contribution in [3.05, 3.63) is 34.9 Å². The minimum atomic E-state index is -0.312. The van der Waals surface area contributed by atoms with Crippen LogP contribution in [-0.4, -0.2) is 23.1 Å². The molecule has 5 rings (SSSR count). The number of nitrogens with one attached hydrogen (secondary N) is 2. The first-order valence-corrected chi connectivity index (χ1v) is 10.2. The molecule has 1 aromatic carbocycles. The number of hydrogen-bond acceptors (Lipinski definition) is 3. The van der Waals surface area contributed by atoms with Gasteiger partial charge in [-0.25, -0.2) is 5.43 Å². The van der Waals surface area contributed by atoms with Crippen molar-refractivity contribution in [1.82, 2.24) is 10.7 Å². The van der Waals surface area contributed by atoms with E-state index in [0.717, 1.165) is 37.0 Å². The SMILES string of the molecule is CC(CC(=O)NC12CC3CC(CC(C3)C1)C2)=NNC(=O)c1ccc(Cl)cc1. The molecule has 144 valence electrons. The summed E-state index contributed by atoms with van der Waals surface area (Å²) < 4.78 is 0. The van der Waals surface area contributed by atoms with Crippen LogP contribution in [0.1, 0.15) is 62.2 Å². The van der Waals surface area contributed by atoms with Gasteiger partial charge in [-0.1, -0.05) is 11.6 Å². The Hall–Kier alpha value is -1.88. The molecule has 1 aromatic rings. The third-order valence-corrected chi connectivity index (χ3v) is 6.57. The van der Waals surface area contributed by atoms with E-state index in [9.17, 15) is 9.59 Å². The van der Waals surface area contributed by atoms with Crippen LogP contribution in [0.5, 0.6) is 0 Å². The number of carbonyl (C=O) groups excluding carboxylic acids is 2. The summed E-state index contributed by atoms with van der Waals surface area (Å²) in [5.74, 6) is 2.09. The molecule has 5 nitrogen and oxygen atoms in total. The van der Waals surface area contributed by atoms with Gasteiger partial charge in [0.1, 0.15) is 0 Å². The monoisotopic (exact) mass is 387 g/mol. The fourth-order valence-corrected chi connectivity index (χ4v) is 5.81. The summed E-state index contributed by atoms with van der Waals surface area (Å²) in [6.45, 7) is 1.77. The summed E-state index contributed by atoms with van der Waals surface area (Å²) in [4.78, 5) is 24.7. The predicted octanol–water partition coefficient (Wildman–Crippen LogP) is 3.92. The normalized spacial score (nSPS) is 31.6. The molecule has 0 aromatic heterocycles. The minimum Gasteiger partial charge on any atom is -0.350 e. The number of hydrogen-bond donors (Lipinski definition) is 2. The molecule has 4 bridgehead atoms. The number of amides is 2. The van der Waals surface area contributed by atoms with Gasteiger partial charge in [0.05, 0.1) is 6.42 Å².